The summed E-state index contributed by atoms with van der Waals surface area (Å²) >= 11 is 0. The summed E-state index contributed by atoms with van der Waals surface area (Å²) in [4.78, 5) is 0. The molecule has 0 bridgehead atoms. The zero-order chi connectivity index (χ0) is 0. The minimum atomic E-state index is 0. The first-order valence-electron chi connectivity index (χ1n) is 0. The molecule has 0 aromatic heterocycles. The summed E-state index contributed by atoms with van der Waals surface area (Å²) < 4.78 is 0. The maximum Gasteiger partial charge on any atom is 0 e. The molecule has 0 aromatic rings. The molecule has 0 unspecified atom stereocenters. The summed E-state index contributed by atoms with van der Waals surface area (Å²) in [7, 11) is 0. The largest absolute Gasteiger partial charge is 0 e. The first kappa shape index (κ1) is 849. The van der Waals surface area contributed by atoms with Gasteiger partial charge in [0.2, 0.25) is 0 Å². The average Bonchev–Trinajstić information content (AvgIpc) is 0. The Morgan fingerprint density at radius 1 is 0.0200 bits per heavy atom. The zero-order valence-electron chi connectivity index (χ0n) is 50.0. The Hall–Kier alpha value is 87.9. The first-order valence-corrected chi connectivity index (χ1v) is 0. The summed E-state index contributed by atoms with van der Waals surface area (Å²) in [5, 5.41) is 0. The molecule has 0 aliphatic carbocycles. The van der Waals surface area contributed by atoms with Crippen LogP contribution in [0.3, 0.4) is 0 Å². The molecule has 100 heteroatoms. The van der Waals surface area contributed by atoms with Crippen LogP contribution in [0.25, 0.3) is 0 Å². The van der Waals surface area contributed by atoms with E-state index >= 15 is 0 Å². The van der Waals surface area contributed by atoms with Crippen LogP contribution in [0, 0.1) is 0 Å². The minimum Gasteiger partial charge on any atom is 0 e. The second-order valence-electron chi connectivity index (χ2n) is 0. The SMILES string of the molecule is [Hf].[Hf].[Hf].[Hf].[Hf].[Hf].[Hf].[Hf].[Hf].[Hf].[Hf].[Hf].[Hf].[Hf].[Hf].[Hf].[Hf].[Hf].[Hf].[Hf].[Hf].[Hf].[Hf].[Hf].[Hf].[Hf].[Hf].[Hf].[Hf].[Hf].[Zr].[Zr].[Zr].[Zr].[Zr].[Zr].[Zr].[Zr].[Zr].[Zr].[Zr].[Zr].[Zr].[Zr].[Zr].[Zr].[Zr].[Zr].[Zr].[Zr].[Zr].[Zr].[Zr].[Zr].[Zr].[Zr].[Zr].[Zr].[Zr].[Zr].[Zr].[Zr].[Zr].[Zr].[Zr].[Zr].[Zr].[Zr].[Zr].[Zr].[Zr].[Zr].[Zr].[Zr].[Zr].[Zr].[Zr].[Zr].[Zr].[Zr].[Zr].[Zr].[Zr].[Zr].[Zr].[Zr].[Zr].[Zr].[Zr].[Zr].[Zr].[Zr].[Zr].[Zr].[Zr].[Zr].[Zr].[Zr].[Zr].[Zr]. The van der Waals surface area contributed by atoms with Crippen LogP contribution in [0.4, 0.5) is 0 Å². The molecule has 0 amide bonds. The van der Waals surface area contributed by atoms with Crippen LogP contribution in [0.2, 0.25) is 0 Å². The van der Waals surface area contributed by atoms with Gasteiger partial charge in [0.05, 0.1) is 0 Å². The second-order valence-corrected chi connectivity index (χ2v) is 0. The Kier molecular flexibility index (Phi) is 7100. The predicted octanol–water partition coefficient (Wildman–Crippen LogP) is -0.250. The first-order chi connectivity index (χ1) is 0. The van der Waals surface area contributed by atoms with Crippen molar-refractivity contribution < 1.29 is 2610 Å². The molecule has 0 saturated heterocycles. The van der Waals surface area contributed by atoms with Crippen LogP contribution in [0.15, 0.2) is 0 Å². The van der Waals surface area contributed by atoms with E-state index < -0.39 is 0 Å². The molecule has 400 valence electrons. The molecule has 0 radical (unpaired) electrons. The zero-order valence-corrected chi connectivity index (χ0v) is 330. The fourth-order valence-corrected chi connectivity index (χ4v) is 0. The number of hydrogen-bond acceptors (Lipinski definition) is 0. The van der Waals surface area contributed by atoms with Gasteiger partial charge in [-0.2, -0.15) is 0 Å². The topological polar surface area (TPSA) is 0 Å². The minimum absolute atomic E-state index is 0. The Labute approximate surface area is 2520 Å². The molecule has 0 aliphatic rings. The predicted molar refractivity (Wildman–Crippen MR) is 0 cm³/mol. The van der Waals surface area contributed by atoms with E-state index in [0.717, 1.165) is 0 Å². The number of hydrogen-bond donors (Lipinski definition) is 0. The van der Waals surface area contributed by atoms with E-state index in [1.54, 1.807) is 0 Å². The van der Waals surface area contributed by atoms with Crippen LogP contribution in [0.1, 0.15) is 0 Å². The molecule has 0 spiro atoms. The van der Waals surface area contributed by atoms with Crippen molar-refractivity contribution in [3.05, 3.63) is 0 Å². The van der Waals surface area contributed by atoms with Gasteiger partial charge in [0.15, 0.2) is 0 Å². The van der Waals surface area contributed by atoms with Crippen LogP contribution < -0.4 is 0 Å². The molecular formula is Hf30Zr70. The molecule has 0 fully saturated rings. The van der Waals surface area contributed by atoms with Gasteiger partial charge in [-0.1, -0.05) is 0 Å². The van der Waals surface area contributed by atoms with E-state index in [1.807, 2.05) is 0 Å². The van der Waals surface area contributed by atoms with E-state index in [4.69, 9.17) is 0 Å². The van der Waals surface area contributed by atoms with E-state index in [1.165, 1.54) is 0 Å². The molecule has 0 atom stereocenters. The van der Waals surface area contributed by atoms with Gasteiger partial charge >= 0.3 is 0 Å². The molecule has 0 N–H and O–H groups in total. The van der Waals surface area contributed by atoms with Crippen molar-refractivity contribution in [3.63, 3.8) is 0 Å². The molecule has 0 heterocycles. The van der Waals surface area contributed by atoms with E-state index in [9.17, 15) is 0 Å². The van der Waals surface area contributed by atoms with Crippen molar-refractivity contribution in [1.29, 1.82) is 0 Å². The van der Waals surface area contributed by atoms with Crippen LogP contribution in [-0.4, -0.2) is 0 Å². The summed E-state index contributed by atoms with van der Waals surface area (Å²) in [6.07, 6.45) is 0. The summed E-state index contributed by atoms with van der Waals surface area (Å²) in [5.41, 5.74) is 0. The monoisotopic (exact) mass is 11700 g/mol. The molecule has 0 aliphatic heterocycles. The summed E-state index contributed by atoms with van der Waals surface area (Å²) in [6, 6.07) is 0. The maximum absolute atomic E-state index is 0. The Morgan fingerprint density at radius 3 is 0.0200 bits per heavy atom. The second kappa shape index (κ2) is 836. The summed E-state index contributed by atoms with van der Waals surface area (Å²) in [5.74, 6) is 0. The van der Waals surface area contributed by atoms with Gasteiger partial charge in [0.25, 0.3) is 0 Å². The van der Waals surface area contributed by atoms with Crippen LogP contribution in [-0.2, 0) is 2610 Å². The van der Waals surface area contributed by atoms with Gasteiger partial charge in [-0.3, -0.25) is 0 Å². The quantitative estimate of drug-likeness (QED) is 0.295. The molecule has 100 heavy (non-hydrogen) atoms. The van der Waals surface area contributed by atoms with Gasteiger partial charge in [-0.05, 0) is 0 Å². The van der Waals surface area contributed by atoms with Crippen LogP contribution in [0.5, 0.6) is 0 Å². The third kappa shape index (κ3) is 822. The van der Waals surface area contributed by atoms with Crippen molar-refractivity contribution in [2.75, 3.05) is 0 Å². The van der Waals surface area contributed by atoms with Crippen molar-refractivity contribution in [2.45, 2.75) is 0 Å². The van der Waals surface area contributed by atoms with E-state index in [-0.39, 0.29) is 2610 Å². The third-order valence-corrected chi connectivity index (χ3v) is 0. The molecule has 0 saturated carbocycles. The van der Waals surface area contributed by atoms with Gasteiger partial charge in [-0.15, -0.1) is 0 Å². The average molecular weight is 11700 g/mol. The van der Waals surface area contributed by atoms with Crippen LogP contribution >= 0.6 is 0 Å². The van der Waals surface area contributed by atoms with Crippen molar-refractivity contribution in [3.8, 4) is 0 Å². The van der Waals surface area contributed by atoms with E-state index in [2.05, 4.69) is 0 Å². The Balaban J connectivity index is 0. The molecular weight excluding hydrogens is 11700 g/mol. The molecule has 0 rings (SSSR count). The van der Waals surface area contributed by atoms with Gasteiger partial charge in [-0.25, -0.2) is 0 Å². The van der Waals surface area contributed by atoms with Gasteiger partial charge < -0.3 is 0 Å². The van der Waals surface area contributed by atoms with Gasteiger partial charge in [0, 0.05) is 2610 Å². The normalized spacial score (nSPS) is 0. The summed E-state index contributed by atoms with van der Waals surface area (Å²) in [6.45, 7) is 0. The fraction of sp³-hybridized carbons (Fsp3) is 0. The smallest absolute Gasteiger partial charge is 0 e. The van der Waals surface area contributed by atoms with Crippen molar-refractivity contribution in [2.24, 2.45) is 0 Å². The third-order valence-electron chi connectivity index (χ3n) is 0. The van der Waals surface area contributed by atoms with Crippen molar-refractivity contribution >= 4 is 0 Å². The fourth-order valence-electron chi connectivity index (χ4n) is 0. The molecule has 0 nitrogen and oxygen atoms in total. The number of rotatable bonds is 0. The van der Waals surface area contributed by atoms with E-state index in [0.29, 0.717) is 0 Å². The molecule has 0 aromatic carbocycles. The maximum atomic E-state index is 0. The van der Waals surface area contributed by atoms with Gasteiger partial charge in [0.1, 0.15) is 0 Å². The Morgan fingerprint density at radius 2 is 0.0200 bits per heavy atom. The van der Waals surface area contributed by atoms with Crippen molar-refractivity contribution in [1.82, 2.24) is 0 Å². The Bertz CT molecular complexity index is 88.1. The standard InChI is InChI=1S/30Hf.70Zr.